The minimum absolute atomic E-state index is 0.175. The molecule has 2 N–H and O–H groups in total. The van der Waals surface area contributed by atoms with E-state index in [2.05, 4.69) is 39.9 Å². The summed E-state index contributed by atoms with van der Waals surface area (Å²) in [4.78, 5) is 35.4. The summed E-state index contributed by atoms with van der Waals surface area (Å²) in [5, 5.41) is 3.34. The van der Waals surface area contributed by atoms with Crippen molar-refractivity contribution < 1.29 is 26.4 Å². The van der Waals surface area contributed by atoms with E-state index in [4.69, 9.17) is 15.4 Å². The van der Waals surface area contributed by atoms with Crippen molar-refractivity contribution in [2.45, 2.75) is 61.8 Å². The number of nitrogens with one attached hydrogen (secondary N) is 2. The molecule has 4 fully saturated rings. The number of amides is 1. The largest absolute Gasteiger partial charge is 0.444 e. The Morgan fingerprint density at radius 2 is 1.21 bits per heavy atom. The molecule has 0 unspecified atom stereocenters. The molecule has 16 nitrogen and oxygen atoms in total. The average Bonchev–Trinajstić information content (AvgIpc) is 4.17. The van der Waals surface area contributed by atoms with Crippen LogP contribution in [0.1, 0.15) is 46.5 Å². The second-order valence-electron chi connectivity index (χ2n) is 17.8. The number of anilines is 4. The Labute approximate surface area is 392 Å². The molecular formula is C47H59ClN10O6S2. The van der Waals surface area contributed by atoms with E-state index in [1.54, 1.807) is 53.8 Å². The molecule has 0 spiro atoms. The lowest BCUT2D eigenvalue weighted by Gasteiger charge is -2.36. The fraction of sp³-hybridized carbons (Fsp3) is 0.426. The Hall–Kier alpha value is -5.56. The Balaban J connectivity index is 0.000000142. The van der Waals surface area contributed by atoms with Gasteiger partial charge in [-0.1, -0.05) is 12.1 Å². The summed E-state index contributed by atoms with van der Waals surface area (Å²) in [6.45, 7) is 15.9. The number of carbonyl (C=O) groups is 1. The molecule has 66 heavy (non-hydrogen) atoms. The van der Waals surface area contributed by atoms with Gasteiger partial charge in [-0.15, -0.1) is 0 Å². The van der Waals surface area contributed by atoms with Crippen LogP contribution in [0, 0.1) is 0 Å². The number of carbonyl (C=O) groups excluding carboxylic acids is 1. The molecule has 0 atom stereocenters. The number of halogens is 1. The van der Waals surface area contributed by atoms with E-state index in [0.717, 1.165) is 130 Å². The fourth-order valence-corrected chi connectivity index (χ4v) is 10.9. The summed E-state index contributed by atoms with van der Waals surface area (Å²) in [5.41, 5.74) is 6.80. The zero-order valence-electron chi connectivity index (χ0n) is 37.8. The van der Waals surface area contributed by atoms with Gasteiger partial charge in [0, 0.05) is 125 Å². The summed E-state index contributed by atoms with van der Waals surface area (Å²) >= 11 is 0. The summed E-state index contributed by atoms with van der Waals surface area (Å²) in [5.74, 6) is 0. The molecule has 8 heterocycles. The monoisotopic (exact) mass is 958 g/mol. The highest BCUT2D eigenvalue weighted by Gasteiger charge is 2.28. The van der Waals surface area contributed by atoms with Gasteiger partial charge in [-0.05, 0) is 107 Å². The molecule has 0 radical (unpaired) electrons. The van der Waals surface area contributed by atoms with Crippen LogP contribution < -0.4 is 24.9 Å². The second kappa shape index (κ2) is 20.1. The van der Waals surface area contributed by atoms with Crippen LogP contribution >= 0.6 is 10.7 Å². The van der Waals surface area contributed by atoms with E-state index in [1.165, 1.54) is 10.0 Å². The van der Waals surface area contributed by atoms with E-state index < -0.39 is 24.7 Å². The Bertz CT molecular complexity index is 2840. The van der Waals surface area contributed by atoms with Crippen LogP contribution in [0.15, 0.2) is 107 Å². The van der Waals surface area contributed by atoms with Gasteiger partial charge in [-0.25, -0.2) is 25.6 Å². The van der Waals surface area contributed by atoms with Crippen molar-refractivity contribution >= 4 is 80.7 Å². The van der Waals surface area contributed by atoms with Gasteiger partial charge in [0.1, 0.15) is 16.6 Å². The number of H-pyrrole nitrogens is 1. The number of hydrogen-bond donors (Lipinski definition) is 2. The molecule has 352 valence electrons. The van der Waals surface area contributed by atoms with Gasteiger partial charge in [0.25, 0.3) is 19.1 Å². The van der Waals surface area contributed by atoms with Gasteiger partial charge in [0.15, 0.2) is 0 Å². The fourth-order valence-electron chi connectivity index (χ4n) is 8.72. The van der Waals surface area contributed by atoms with Crippen molar-refractivity contribution in [3.8, 4) is 0 Å². The third-order valence-electron chi connectivity index (χ3n) is 12.1. The number of rotatable bonds is 7. The lowest BCUT2D eigenvalue weighted by molar-refractivity contribution is 0.0240. The first kappa shape index (κ1) is 47.0. The maximum Gasteiger partial charge on any atom is 0.410 e. The van der Waals surface area contributed by atoms with Crippen molar-refractivity contribution in [2.75, 3.05) is 98.1 Å². The molecule has 19 heteroatoms. The number of benzene rings is 2. The minimum Gasteiger partial charge on any atom is -0.444 e. The van der Waals surface area contributed by atoms with Crippen molar-refractivity contribution in [3.05, 3.63) is 97.6 Å². The summed E-state index contributed by atoms with van der Waals surface area (Å²) in [6, 6.07) is 21.6. The van der Waals surface area contributed by atoms with E-state index in [1.807, 2.05) is 63.4 Å². The lowest BCUT2D eigenvalue weighted by atomic mass is 10.2. The quantitative estimate of drug-likeness (QED) is 0.155. The first-order valence-electron chi connectivity index (χ1n) is 22.6. The lowest BCUT2D eigenvalue weighted by Crippen LogP contribution is -2.50. The van der Waals surface area contributed by atoms with Crippen LogP contribution in [0.25, 0.3) is 22.1 Å². The SMILES string of the molecule is CC(C)(C)OC(=O)N1CCN(c2c[nH]c3cccnc23)CC1.O=S(=O)(Cl)c1cccc(N2CCCC2)c1.O=S(=O)(c1cccc(N2CCCC2)c1)n1cc(N2CCNCC2)c2ncccc21. The summed E-state index contributed by atoms with van der Waals surface area (Å²) in [7, 11) is -2.05. The number of nitrogens with zero attached hydrogens (tertiary/aromatic N) is 8. The first-order valence-corrected chi connectivity index (χ1v) is 26.4. The minimum atomic E-state index is -3.73. The molecule has 4 aliphatic heterocycles. The third kappa shape index (κ3) is 11.0. The first-order chi connectivity index (χ1) is 31.7. The normalized spacial score (nSPS) is 17.1. The van der Waals surface area contributed by atoms with Crippen molar-refractivity contribution in [1.29, 1.82) is 0 Å². The van der Waals surface area contributed by atoms with E-state index >= 15 is 0 Å². The van der Waals surface area contributed by atoms with Gasteiger partial charge < -0.3 is 39.5 Å². The molecule has 2 aromatic carbocycles. The van der Waals surface area contributed by atoms with Gasteiger partial charge in [0.2, 0.25) is 0 Å². The smallest absolute Gasteiger partial charge is 0.410 e. The number of hydrogen-bond acceptors (Lipinski definition) is 13. The average molecular weight is 960 g/mol. The summed E-state index contributed by atoms with van der Waals surface area (Å²) < 4.78 is 56.3. The molecule has 4 saturated heterocycles. The highest BCUT2D eigenvalue weighted by atomic mass is 35.7. The topological polar surface area (TPSA) is 169 Å². The van der Waals surface area contributed by atoms with Crippen molar-refractivity contribution in [3.63, 3.8) is 0 Å². The zero-order valence-corrected chi connectivity index (χ0v) is 40.2. The molecular weight excluding hydrogens is 900 g/mol. The number of aromatic nitrogens is 4. The van der Waals surface area contributed by atoms with E-state index in [-0.39, 0.29) is 11.0 Å². The Morgan fingerprint density at radius 1 is 0.652 bits per heavy atom. The number of ether oxygens (including phenoxy) is 1. The maximum atomic E-state index is 13.6. The number of aromatic amines is 1. The predicted molar refractivity (Wildman–Crippen MR) is 262 cm³/mol. The van der Waals surface area contributed by atoms with Crippen LogP contribution in [0.5, 0.6) is 0 Å². The van der Waals surface area contributed by atoms with Gasteiger partial charge in [-0.3, -0.25) is 9.97 Å². The number of fused-ring (bicyclic) bond motifs is 2. The molecule has 4 aromatic heterocycles. The molecule has 6 aromatic rings. The predicted octanol–water partition coefficient (Wildman–Crippen LogP) is 7.12. The highest BCUT2D eigenvalue weighted by Crippen LogP contribution is 2.33. The van der Waals surface area contributed by atoms with Crippen LogP contribution in [0.2, 0.25) is 0 Å². The van der Waals surface area contributed by atoms with Crippen LogP contribution in [0.3, 0.4) is 0 Å². The number of pyridine rings is 2. The van der Waals surface area contributed by atoms with Crippen LogP contribution in [-0.4, -0.2) is 131 Å². The molecule has 1 amide bonds. The van der Waals surface area contributed by atoms with Gasteiger partial charge >= 0.3 is 6.09 Å². The Morgan fingerprint density at radius 3 is 1.82 bits per heavy atom. The molecule has 0 aliphatic carbocycles. The standard InChI is InChI=1S/C21H25N5O2S.C16H22N4O2.C10H12ClNO2S/c27-29(28,18-6-3-5-17(15-18)24-11-1-2-12-24)26-16-20(25-13-9-22-10-14-25)21-19(26)7-4-8-23-21;1-16(2,3)22-15(21)20-9-7-19(8-10-20)13-11-18-12-5-4-6-17-14(12)13;11-15(13,14)10-5-3-4-9(8-10)12-6-1-2-7-12/h3-8,15-16,22H,1-2,9-14H2;4-6,11,18H,7-10H2,1-3H3;3-5,8H,1-2,6-7H2. The van der Waals surface area contributed by atoms with Crippen molar-refractivity contribution in [2.24, 2.45) is 0 Å². The molecule has 0 bridgehead atoms. The van der Waals surface area contributed by atoms with Gasteiger partial charge in [0.05, 0.1) is 32.2 Å². The molecule has 0 saturated carbocycles. The van der Waals surface area contributed by atoms with Gasteiger partial charge in [-0.2, -0.15) is 0 Å². The van der Waals surface area contributed by atoms with Crippen molar-refractivity contribution in [1.82, 2.24) is 29.1 Å². The third-order valence-corrected chi connectivity index (χ3v) is 15.1. The second-order valence-corrected chi connectivity index (χ2v) is 22.2. The number of piperazine rings is 2. The van der Waals surface area contributed by atoms with Crippen LogP contribution in [-0.2, 0) is 23.8 Å². The highest BCUT2D eigenvalue weighted by molar-refractivity contribution is 8.13. The Kier molecular flexibility index (Phi) is 14.3. The summed E-state index contributed by atoms with van der Waals surface area (Å²) in [6.07, 6.45) is 11.6. The molecule has 4 aliphatic rings. The van der Waals surface area contributed by atoms with Crippen LogP contribution in [0.4, 0.5) is 27.5 Å². The van der Waals surface area contributed by atoms with E-state index in [0.29, 0.717) is 23.5 Å². The molecule has 10 rings (SSSR count). The zero-order chi connectivity index (χ0) is 46.5. The maximum absolute atomic E-state index is 13.6. The van der Waals surface area contributed by atoms with E-state index in [9.17, 15) is 21.6 Å².